The smallest absolute Gasteiger partial charge is 0.297 e. The van der Waals surface area contributed by atoms with Gasteiger partial charge < -0.3 is 8.23 Å². The molecule has 0 radical (unpaired) electrons. The van der Waals surface area contributed by atoms with Gasteiger partial charge in [0.05, 0.1) is 0 Å². The van der Waals surface area contributed by atoms with Gasteiger partial charge in [-0.05, 0) is 58.7 Å². The van der Waals surface area contributed by atoms with Gasteiger partial charge >= 0.3 is 0 Å². The third kappa shape index (κ3) is 40.4. The van der Waals surface area contributed by atoms with Gasteiger partial charge in [-0.1, -0.05) is 87.2 Å². The third-order valence-electron chi connectivity index (χ3n) is 3.50. The number of rotatable bonds is 10. The van der Waals surface area contributed by atoms with E-state index in [9.17, 15) is 0 Å². The van der Waals surface area contributed by atoms with Crippen LogP contribution in [0.15, 0.2) is 55.6 Å². The first-order chi connectivity index (χ1) is 14.3. The van der Waals surface area contributed by atoms with Gasteiger partial charge in [0, 0.05) is 10.2 Å². The predicted molar refractivity (Wildman–Crippen MR) is 157 cm³/mol. The maximum Gasteiger partial charge on any atom is 0.297 e. The summed E-state index contributed by atoms with van der Waals surface area (Å²) in [6, 6.07) is 10.5. The van der Waals surface area contributed by atoms with Gasteiger partial charge in [-0.3, -0.25) is 0 Å². The average Bonchev–Trinajstić information content (AvgIpc) is 2.64. The Kier molecular flexibility index (Phi) is 25.7. The standard InChI is InChI=1S/C7H22O2Si3.C6H8Si.2C6H12/c1-10(8-11(2,3)4)9-12(5,6)7;7-6-4-2-1-3-5-6;2*1-3-5-6-4-2/h10H,1-7H3;1-5H,7H3;2*3H,1,4-6H2,2H3. The summed E-state index contributed by atoms with van der Waals surface area (Å²) >= 11 is 0. The normalized spacial score (nSPS) is 10.6. The van der Waals surface area contributed by atoms with Crippen LogP contribution in [-0.4, -0.2) is 36.2 Å². The van der Waals surface area contributed by atoms with Crippen molar-refractivity contribution >= 4 is 41.3 Å². The van der Waals surface area contributed by atoms with Crippen molar-refractivity contribution in [1.82, 2.24) is 0 Å². The highest BCUT2D eigenvalue weighted by Crippen LogP contribution is 2.10. The lowest BCUT2D eigenvalue weighted by atomic mass is 10.3. The Bertz CT molecular complexity index is 480. The lowest BCUT2D eigenvalue weighted by Crippen LogP contribution is -2.41. The molecule has 0 aromatic heterocycles. The summed E-state index contributed by atoms with van der Waals surface area (Å²) in [7, 11) is -2.88. The summed E-state index contributed by atoms with van der Waals surface area (Å²) in [6.07, 6.45) is 11.4. The number of allylic oxidation sites excluding steroid dienone is 2. The van der Waals surface area contributed by atoms with Gasteiger partial charge in [0.25, 0.3) is 9.28 Å². The van der Waals surface area contributed by atoms with E-state index in [1.54, 1.807) is 0 Å². The van der Waals surface area contributed by atoms with E-state index in [4.69, 9.17) is 8.23 Å². The Hall–Kier alpha value is -0.512. The Morgan fingerprint density at radius 3 is 1.32 bits per heavy atom. The molecular weight excluding hydrogens is 445 g/mol. The molecule has 0 saturated carbocycles. The highest BCUT2D eigenvalue weighted by atomic mass is 28.4. The van der Waals surface area contributed by atoms with Crippen LogP contribution in [0.2, 0.25) is 45.8 Å². The molecule has 0 spiro atoms. The molecule has 1 rings (SSSR count). The van der Waals surface area contributed by atoms with Crippen LogP contribution in [0.3, 0.4) is 0 Å². The molecule has 0 saturated heterocycles. The summed E-state index contributed by atoms with van der Waals surface area (Å²) in [5, 5.41) is 1.46. The Morgan fingerprint density at radius 1 is 0.806 bits per heavy atom. The minimum absolute atomic E-state index is 1.17. The number of hydrogen-bond donors (Lipinski definition) is 0. The van der Waals surface area contributed by atoms with E-state index in [0.717, 1.165) is 0 Å². The van der Waals surface area contributed by atoms with E-state index in [2.05, 4.69) is 97.1 Å². The zero-order valence-corrected chi connectivity index (χ0v) is 27.7. The van der Waals surface area contributed by atoms with E-state index in [1.165, 1.54) is 54.0 Å². The molecule has 2 nitrogen and oxygen atoms in total. The molecule has 1 aromatic rings. The lowest BCUT2D eigenvalue weighted by Gasteiger charge is -2.28. The maximum atomic E-state index is 5.90. The first kappa shape index (κ1) is 35.1. The van der Waals surface area contributed by atoms with Crippen LogP contribution in [0, 0.1) is 0 Å². The van der Waals surface area contributed by atoms with E-state index in [-0.39, 0.29) is 0 Å². The Balaban J connectivity index is -0.000000356. The fraction of sp³-hybridized carbons (Fsp3) is 0.600. The zero-order chi connectivity index (χ0) is 24.8. The molecule has 6 heteroatoms. The van der Waals surface area contributed by atoms with Crippen LogP contribution < -0.4 is 5.19 Å². The molecule has 0 aliphatic heterocycles. The number of unbranched alkanes of at least 4 members (excludes halogenated alkanes) is 4. The van der Waals surface area contributed by atoms with E-state index >= 15 is 0 Å². The highest BCUT2D eigenvalue weighted by molar-refractivity contribution is 6.80. The predicted octanol–water partition coefficient (Wildman–Crippen LogP) is 6.94. The topological polar surface area (TPSA) is 18.5 Å². The first-order valence-corrected chi connectivity index (χ1v) is 21.8. The molecule has 31 heavy (non-hydrogen) atoms. The van der Waals surface area contributed by atoms with Crippen molar-refractivity contribution in [2.24, 2.45) is 0 Å². The van der Waals surface area contributed by atoms with Crippen LogP contribution in [0.25, 0.3) is 0 Å². The molecule has 182 valence electrons. The molecule has 0 heterocycles. The van der Waals surface area contributed by atoms with Gasteiger partial charge in [0.15, 0.2) is 16.6 Å². The van der Waals surface area contributed by atoms with Gasteiger partial charge in [0.2, 0.25) is 0 Å². The summed E-state index contributed by atoms with van der Waals surface area (Å²) in [5.41, 5.74) is 0. The van der Waals surface area contributed by atoms with Crippen LogP contribution in [0.1, 0.15) is 52.4 Å². The molecule has 0 N–H and O–H groups in total. The highest BCUT2D eigenvalue weighted by Gasteiger charge is 2.24. The summed E-state index contributed by atoms with van der Waals surface area (Å²) in [6.45, 7) is 27.0. The first-order valence-electron chi connectivity index (χ1n) is 11.9. The zero-order valence-electron chi connectivity index (χ0n) is 22.6. The Labute approximate surface area is 203 Å². The van der Waals surface area contributed by atoms with E-state index in [1.807, 2.05) is 18.2 Å². The van der Waals surface area contributed by atoms with Crippen LogP contribution in [-0.2, 0) is 8.23 Å². The minimum Gasteiger partial charge on any atom is -0.439 e. The molecule has 0 unspecified atom stereocenters. The summed E-state index contributed by atoms with van der Waals surface area (Å²) in [5.74, 6) is 0. The number of benzene rings is 1. The molecule has 0 aliphatic carbocycles. The molecule has 1 aromatic carbocycles. The van der Waals surface area contributed by atoms with Crippen molar-refractivity contribution in [2.45, 2.75) is 98.2 Å². The lowest BCUT2D eigenvalue weighted by molar-refractivity contribution is 0.428. The molecular formula is C25H54O2Si4. The van der Waals surface area contributed by atoms with E-state index in [0.29, 0.717) is 0 Å². The van der Waals surface area contributed by atoms with Crippen molar-refractivity contribution in [2.75, 3.05) is 0 Å². The quantitative estimate of drug-likeness (QED) is 0.197. The summed E-state index contributed by atoms with van der Waals surface area (Å²) < 4.78 is 11.8. The van der Waals surface area contributed by atoms with Crippen molar-refractivity contribution in [3.8, 4) is 0 Å². The van der Waals surface area contributed by atoms with Crippen molar-refractivity contribution in [3.05, 3.63) is 55.6 Å². The van der Waals surface area contributed by atoms with Gasteiger partial charge in [0.1, 0.15) is 0 Å². The SMILES string of the molecule is C=CCCCC.C=CCCCC.C[SiH](O[Si](C)(C)C)O[Si](C)(C)C.[SiH3]c1ccccc1. The van der Waals surface area contributed by atoms with Crippen molar-refractivity contribution in [1.29, 1.82) is 0 Å². The van der Waals surface area contributed by atoms with Crippen molar-refractivity contribution < 1.29 is 8.23 Å². The van der Waals surface area contributed by atoms with E-state index < -0.39 is 25.9 Å². The fourth-order valence-corrected chi connectivity index (χ4v) is 11.2. The monoisotopic (exact) mass is 498 g/mol. The molecule has 0 aliphatic rings. The van der Waals surface area contributed by atoms with Gasteiger partial charge in [-0.25, -0.2) is 0 Å². The van der Waals surface area contributed by atoms with Crippen LogP contribution in [0.4, 0.5) is 0 Å². The molecule has 0 fully saturated rings. The van der Waals surface area contributed by atoms with Crippen LogP contribution in [0.5, 0.6) is 0 Å². The average molecular weight is 499 g/mol. The second kappa shape index (κ2) is 22.7. The second-order valence-corrected chi connectivity index (χ2v) is 22.2. The molecule has 0 amide bonds. The summed E-state index contributed by atoms with van der Waals surface area (Å²) in [4.78, 5) is 0. The van der Waals surface area contributed by atoms with Gasteiger partial charge in [-0.15, -0.1) is 13.2 Å². The van der Waals surface area contributed by atoms with Crippen molar-refractivity contribution in [3.63, 3.8) is 0 Å². The fourth-order valence-electron chi connectivity index (χ4n) is 2.25. The van der Waals surface area contributed by atoms with Crippen LogP contribution >= 0.6 is 0 Å². The largest absolute Gasteiger partial charge is 0.439 e. The Morgan fingerprint density at radius 2 is 1.16 bits per heavy atom. The third-order valence-corrected chi connectivity index (χ3v) is 12.5. The second-order valence-electron chi connectivity index (χ2n) is 9.54. The maximum absolute atomic E-state index is 5.90. The molecule has 0 bridgehead atoms. The van der Waals surface area contributed by atoms with Gasteiger partial charge in [-0.2, -0.15) is 0 Å². The minimum atomic E-state index is -1.36. The number of hydrogen-bond acceptors (Lipinski definition) is 2. The molecule has 0 atom stereocenters.